The van der Waals surface area contributed by atoms with Gasteiger partial charge in [0.1, 0.15) is 18.1 Å². The van der Waals surface area contributed by atoms with Crippen LogP contribution in [0.3, 0.4) is 0 Å². The fourth-order valence-corrected chi connectivity index (χ4v) is 3.13. The number of carbonyl (C=O) groups is 2. The summed E-state index contributed by atoms with van der Waals surface area (Å²) in [6.45, 7) is 5.35. The maximum atomic E-state index is 12.4. The largest absolute Gasteiger partial charge is 0.494 e. The summed E-state index contributed by atoms with van der Waals surface area (Å²) in [5.41, 5.74) is 1.83. The molecule has 1 aromatic heterocycles. The molecule has 0 aliphatic heterocycles. The van der Waals surface area contributed by atoms with Gasteiger partial charge in [-0.2, -0.15) is 0 Å². The number of ether oxygens (including phenoxy) is 1. The minimum absolute atomic E-state index is 0.104. The molecule has 1 atom stereocenters. The lowest BCUT2D eigenvalue weighted by Crippen LogP contribution is -3.08. The molecule has 31 heavy (non-hydrogen) atoms. The molecule has 7 heteroatoms. The van der Waals surface area contributed by atoms with Crippen LogP contribution in [0.1, 0.15) is 28.8 Å². The van der Waals surface area contributed by atoms with Crippen LogP contribution in [-0.4, -0.2) is 32.0 Å². The fourth-order valence-electron chi connectivity index (χ4n) is 3.13. The molecule has 1 heterocycles. The van der Waals surface area contributed by atoms with Crippen molar-refractivity contribution in [3.05, 3.63) is 77.7 Å². The first-order chi connectivity index (χ1) is 14.9. The lowest BCUT2D eigenvalue weighted by Gasteiger charge is -2.13. The number of hydrogen-bond acceptors (Lipinski definition) is 4. The average Bonchev–Trinajstić information content (AvgIpc) is 3.14. The van der Waals surface area contributed by atoms with E-state index < -0.39 is 0 Å². The van der Waals surface area contributed by atoms with Crippen LogP contribution in [0.2, 0.25) is 0 Å². The van der Waals surface area contributed by atoms with Gasteiger partial charge in [0.25, 0.3) is 11.8 Å². The van der Waals surface area contributed by atoms with Gasteiger partial charge in [0, 0.05) is 16.9 Å². The zero-order chi connectivity index (χ0) is 22.2. The number of quaternary nitrogens is 1. The maximum Gasteiger partial charge on any atom is 0.279 e. The van der Waals surface area contributed by atoms with Crippen molar-refractivity contribution in [1.29, 1.82) is 0 Å². The van der Waals surface area contributed by atoms with Gasteiger partial charge in [-0.1, -0.05) is 0 Å². The summed E-state index contributed by atoms with van der Waals surface area (Å²) >= 11 is 0. The number of furan rings is 1. The predicted molar refractivity (Wildman–Crippen MR) is 120 cm³/mol. The molecule has 3 N–H and O–H groups in total. The molecule has 0 spiro atoms. The molecule has 0 bridgehead atoms. The Morgan fingerprint density at radius 2 is 1.58 bits per heavy atom. The van der Waals surface area contributed by atoms with Gasteiger partial charge in [0.05, 0.1) is 13.7 Å². The summed E-state index contributed by atoms with van der Waals surface area (Å²) in [5, 5.41) is 5.71. The van der Waals surface area contributed by atoms with Gasteiger partial charge in [-0.05, 0) is 74.5 Å². The fraction of sp³-hybridized carbons (Fsp3) is 0.250. The van der Waals surface area contributed by atoms with Crippen molar-refractivity contribution in [1.82, 2.24) is 0 Å². The van der Waals surface area contributed by atoms with Crippen LogP contribution in [0.4, 0.5) is 11.4 Å². The molecule has 2 aromatic carbocycles. The van der Waals surface area contributed by atoms with Crippen LogP contribution in [0.15, 0.2) is 65.1 Å². The van der Waals surface area contributed by atoms with Crippen molar-refractivity contribution < 1.29 is 23.6 Å². The Morgan fingerprint density at radius 1 is 0.935 bits per heavy atom. The van der Waals surface area contributed by atoms with E-state index >= 15 is 0 Å². The number of rotatable bonds is 9. The van der Waals surface area contributed by atoms with E-state index in [0.29, 0.717) is 36.6 Å². The zero-order valence-corrected chi connectivity index (χ0v) is 18.0. The Hall–Kier alpha value is -3.58. The van der Waals surface area contributed by atoms with Crippen LogP contribution in [0.25, 0.3) is 0 Å². The molecule has 0 aliphatic rings. The number of carbonyl (C=O) groups excluding carboxylic acids is 2. The van der Waals surface area contributed by atoms with Crippen molar-refractivity contribution >= 4 is 23.2 Å². The van der Waals surface area contributed by atoms with E-state index in [2.05, 4.69) is 10.6 Å². The van der Waals surface area contributed by atoms with Crippen LogP contribution in [-0.2, 0) is 11.3 Å². The molecule has 7 nitrogen and oxygen atoms in total. The molecule has 1 unspecified atom stereocenters. The Bertz CT molecular complexity index is 1010. The van der Waals surface area contributed by atoms with Crippen LogP contribution in [0, 0.1) is 6.92 Å². The minimum Gasteiger partial charge on any atom is -0.494 e. The molecule has 162 valence electrons. The van der Waals surface area contributed by atoms with Crippen LogP contribution in [0.5, 0.6) is 5.75 Å². The normalized spacial score (nSPS) is 11.6. The second-order valence-corrected chi connectivity index (χ2v) is 7.36. The van der Waals surface area contributed by atoms with E-state index in [9.17, 15) is 9.59 Å². The number of aryl methyl sites for hydroxylation is 1. The molecule has 0 radical (unpaired) electrons. The van der Waals surface area contributed by atoms with Gasteiger partial charge in [-0.15, -0.1) is 0 Å². The number of likely N-dealkylation sites (N-methyl/N-ethyl adjacent to an activating group) is 1. The van der Waals surface area contributed by atoms with E-state index in [-0.39, 0.29) is 11.8 Å². The van der Waals surface area contributed by atoms with E-state index in [1.807, 2.05) is 45.2 Å². The standard InChI is InChI=1S/C24H27N3O4/c1-4-30-21-13-10-20(11-14-21)26-24(29)18-6-8-19(9-7-18)25-23(28)16-27(3)15-22-12-5-17(2)31-22/h5-14H,4,15-16H2,1-3H3,(H,25,28)(H,26,29)/p+1. The summed E-state index contributed by atoms with van der Waals surface area (Å²) in [7, 11) is 1.94. The molecule has 3 aromatic rings. The molecule has 0 aliphatic carbocycles. The highest BCUT2D eigenvalue weighted by Gasteiger charge is 2.13. The molecule has 3 rings (SSSR count). The van der Waals surface area contributed by atoms with E-state index in [0.717, 1.165) is 22.2 Å². The third kappa shape index (κ3) is 6.72. The number of anilines is 2. The van der Waals surface area contributed by atoms with Gasteiger partial charge in [-0.25, -0.2) is 0 Å². The summed E-state index contributed by atoms with van der Waals surface area (Å²) in [6, 6.07) is 17.8. The lowest BCUT2D eigenvalue weighted by atomic mass is 10.2. The number of benzene rings is 2. The quantitative estimate of drug-likeness (QED) is 0.495. The van der Waals surface area contributed by atoms with Crippen molar-refractivity contribution in [3.63, 3.8) is 0 Å². The summed E-state index contributed by atoms with van der Waals surface area (Å²) < 4.78 is 10.9. The molecular weight excluding hydrogens is 394 g/mol. The topological polar surface area (TPSA) is 85.0 Å². The van der Waals surface area contributed by atoms with Gasteiger partial charge in [0.15, 0.2) is 12.3 Å². The number of nitrogens with one attached hydrogen (secondary N) is 3. The Balaban J connectivity index is 1.49. The smallest absolute Gasteiger partial charge is 0.279 e. The second kappa shape index (κ2) is 10.4. The van der Waals surface area contributed by atoms with E-state index in [1.54, 1.807) is 36.4 Å². The van der Waals surface area contributed by atoms with Gasteiger partial charge in [-0.3, -0.25) is 9.59 Å². The van der Waals surface area contributed by atoms with Gasteiger partial charge in [0.2, 0.25) is 0 Å². The Morgan fingerprint density at radius 3 is 2.19 bits per heavy atom. The van der Waals surface area contributed by atoms with Gasteiger partial charge >= 0.3 is 0 Å². The Kier molecular flexibility index (Phi) is 7.45. The monoisotopic (exact) mass is 422 g/mol. The van der Waals surface area contributed by atoms with Crippen LogP contribution >= 0.6 is 0 Å². The summed E-state index contributed by atoms with van der Waals surface area (Å²) in [6.07, 6.45) is 0. The van der Waals surface area contributed by atoms with E-state index in [1.165, 1.54) is 0 Å². The molecule has 0 saturated heterocycles. The molecule has 0 fully saturated rings. The number of amides is 2. The zero-order valence-electron chi connectivity index (χ0n) is 18.0. The number of hydrogen-bond donors (Lipinski definition) is 3. The first kappa shape index (κ1) is 22.1. The summed E-state index contributed by atoms with van der Waals surface area (Å²) in [5.74, 6) is 2.14. The highest BCUT2D eigenvalue weighted by Crippen LogP contribution is 2.17. The SMILES string of the molecule is CCOc1ccc(NC(=O)c2ccc(NC(=O)C[NH+](C)Cc3ccc(C)o3)cc2)cc1. The average molecular weight is 423 g/mol. The predicted octanol–water partition coefficient (Wildman–Crippen LogP) is 2.89. The van der Waals surface area contributed by atoms with E-state index in [4.69, 9.17) is 9.15 Å². The summed E-state index contributed by atoms with van der Waals surface area (Å²) in [4.78, 5) is 25.7. The van der Waals surface area contributed by atoms with Gasteiger partial charge < -0.3 is 24.7 Å². The lowest BCUT2D eigenvalue weighted by molar-refractivity contribution is -0.886. The van der Waals surface area contributed by atoms with Crippen molar-refractivity contribution in [2.75, 3.05) is 30.8 Å². The molecular formula is C24H28N3O4+. The Labute approximate surface area is 182 Å². The molecule has 0 saturated carbocycles. The minimum atomic E-state index is -0.222. The maximum absolute atomic E-state index is 12.4. The first-order valence-electron chi connectivity index (χ1n) is 10.2. The third-order valence-corrected chi connectivity index (χ3v) is 4.59. The van der Waals surface area contributed by atoms with Crippen molar-refractivity contribution in [2.45, 2.75) is 20.4 Å². The van der Waals surface area contributed by atoms with Crippen molar-refractivity contribution in [2.24, 2.45) is 0 Å². The highest BCUT2D eigenvalue weighted by atomic mass is 16.5. The van der Waals surface area contributed by atoms with Crippen LogP contribution < -0.4 is 20.3 Å². The second-order valence-electron chi connectivity index (χ2n) is 7.36. The highest BCUT2D eigenvalue weighted by molar-refractivity contribution is 6.04. The first-order valence-corrected chi connectivity index (χ1v) is 10.2. The molecule has 2 amide bonds. The van der Waals surface area contributed by atoms with Crippen molar-refractivity contribution in [3.8, 4) is 5.75 Å². The third-order valence-electron chi connectivity index (χ3n) is 4.59.